The average Bonchev–Trinajstić information content (AvgIpc) is 3.32. The molecule has 2 aliphatic rings. The van der Waals surface area contributed by atoms with Gasteiger partial charge in [-0.15, -0.1) is 0 Å². The van der Waals surface area contributed by atoms with Gasteiger partial charge >= 0.3 is 0 Å². The summed E-state index contributed by atoms with van der Waals surface area (Å²) in [6, 6.07) is 4.94. The van der Waals surface area contributed by atoms with Crippen molar-refractivity contribution in [1.29, 1.82) is 0 Å². The molecule has 1 atom stereocenters. The third-order valence-electron chi connectivity index (χ3n) is 3.89. The smallest absolute Gasteiger partial charge is 0.0889 e. The van der Waals surface area contributed by atoms with Crippen LogP contribution < -0.4 is 5.32 Å². The lowest BCUT2D eigenvalue weighted by molar-refractivity contribution is -0.0452. The van der Waals surface area contributed by atoms with Gasteiger partial charge in [-0.3, -0.25) is 4.98 Å². The Bertz CT molecular complexity index is 397. The minimum absolute atomic E-state index is 0.283. The minimum Gasteiger partial charge on any atom is -0.376 e. The highest BCUT2D eigenvalue weighted by atomic mass is 16.5. The molecule has 0 aromatic carbocycles. The van der Waals surface area contributed by atoms with Crippen LogP contribution in [0.5, 0.6) is 0 Å². The van der Waals surface area contributed by atoms with Crippen LogP contribution in [-0.2, 0) is 22.6 Å². The van der Waals surface area contributed by atoms with E-state index in [1.807, 2.05) is 6.20 Å². The monoisotopic (exact) mass is 276 g/mol. The minimum atomic E-state index is 0.283. The summed E-state index contributed by atoms with van der Waals surface area (Å²) in [6.07, 6.45) is 8.45. The molecule has 2 heterocycles. The Hall–Kier alpha value is -0.970. The van der Waals surface area contributed by atoms with E-state index in [0.29, 0.717) is 13.2 Å². The Morgan fingerprint density at radius 2 is 2.20 bits per heavy atom. The van der Waals surface area contributed by atoms with Crippen LogP contribution in [0.1, 0.15) is 43.4 Å². The van der Waals surface area contributed by atoms with E-state index in [4.69, 9.17) is 9.47 Å². The van der Waals surface area contributed by atoms with Crippen molar-refractivity contribution >= 4 is 0 Å². The number of ether oxygens (including phenoxy) is 2. The molecule has 2 fully saturated rings. The third-order valence-corrected chi connectivity index (χ3v) is 3.89. The molecule has 1 saturated carbocycles. The van der Waals surface area contributed by atoms with Gasteiger partial charge in [-0.2, -0.15) is 0 Å². The molecule has 0 radical (unpaired) electrons. The third kappa shape index (κ3) is 4.54. The number of rotatable bonds is 7. The summed E-state index contributed by atoms with van der Waals surface area (Å²) in [5, 5.41) is 3.49. The van der Waals surface area contributed by atoms with Crippen LogP contribution >= 0.6 is 0 Å². The van der Waals surface area contributed by atoms with Crippen LogP contribution in [0, 0.1) is 0 Å². The molecule has 4 nitrogen and oxygen atoms in total. The topological polar surface area (TPSA) is 43.4 Å². The lowest BCUT2D eigenvalue weighted by Gasteiger charge is -2.22. The lowest BCUT2D eigenvalue weighted by atomic mass is 10.1. The van der Waals surface area contributed by atoms with Crippen molar-refractivity contribution in [3.05, 3.63) is 29.6 Å². The van der Waals surface area contributed by atoms with E-state index in [1.165, 1.54) is 31.2 Å². The molecule has 1 aromatic rings. The lowest BCUT2D eigenvalue weighted by Crippen LogP contribution is -2.24. The molecular formula is C16H24N2O2. The first-order chi connectivity index (χ1) is 9.90. The molecular weight excluding hydrogens is 252 g/mol. The summed E-state index contributed by atoms with van der Waals surface area (Å²) in [7, 11) is 0. The Morgan fingerprint density at radius 3 is 2.90 bits per heavy atom. The second-order valence-electron chi connectivity index (χ2n) is 5.82. The molecule has 1 saturated heterocycles. The molecule has 0 spiro atoms. The Morgan fingerprint density at radius 1 is 1.25 bits per heavy atom. The summed E-state index contributed by atoms with van der Waals surface area (Å²) >= 11 is 0. The van der Waals surface area contributed by atoms with Crippen molar-refractivity contribution < 1.29 is 9.47 Å². The van der Waals surface area contributed by atoms with Crippen molar-refractivity contribution in [2.45, 2.75) is 57.4 Å². The predicted molar refractivity (Wildman–Crippen MR) is 77.3 cm³/mol. The van der Waals surface area contributed by atoms with E-state index in [2.05, 4.69) is 22.4 Å². The molecule has 1 aliphatic heterocycles. The molecule has 1 N–H and O–H groups in total. The number of aromatic nitrogens is 1. The SMILES string of the molecule is c1cc(COCC2CCCCO2)ncc1CNC1CC1. The second-order valence-corrected chi connectivity index (χ2v) is 5.82. The fraction of sp³-hybridized carbons (Fsp3) is 0.688. The van der Waals surface area contributed by atoms with Crippen molar-refractivity contribution in [3.8, 4) is 0 Å². The zero-order valence-electron chi connectivity index (χ0n) is 12.0. The first-order valence-electron chi connectivity index (χ1n) is 7.77. The maximum Gasteiger partial charge on any atom is 0.0889 e. The summed E-state index contributed by atoms with van der Waals surface area (Å²) in [5.74, 6) is 0. The molecule has 1 aromatic heterocycles. The Balaban J connectivity index is 1.36. The maximum absolute atomic E-state index is 5.70. The van der Waals surface area contributed by atoms with Crippen molar-refractivity contribution in [2.75, 3.05) is 13.2 Å². The van der Waals surface area contributed by atoms with Gasteiger partial charge in [0.25, 0.3) is 0 Å². The van der Waals surface area contributed by atoms with Crippen molar-refractivity contribution in [1.82, 2.24) is 10.3 Å². The molecule has 0 bridgehead atoms. The Labute approximate surface area is 120 Å². The number of hydrogen-bond acceptors (Lipinski definition) is 4. The molecule has 0 amide bonds. The highest BCUT2D eigenvalue weighted by Gasteiger charge is 2.19. The van der Waals surface area contributed by atoms with Gasteiger partial charge in [0.2, 0.25) is 0 Å². The van der Waals surface area contributed by atoms with Gasteiger partial charge in [0, 0.05) is 25.4 Å². The highest BCUT2D eigenvalue weighted by molar-refractivity contribution is 5.13. The summed E-state index contributed by atoms with van der Waals surface area (Å²) in [6.45, 7) is 3.08. The van der Waals surface area contributed by atoms with Crippen LogP contribution in [0.2, 0.25) is 0 Å². The van der Waals surface area contributed by atoms with Gasteiger partial charge in [-0.1, -0.05) is 6.07 Å². The first-order valence-corrected chi connectivity index (χ1v) is 7.77. The molecule has 110 valence electrons. The van der Waals surface area contributed by atoms with Gasteiger partial charge in [-0.25, -0.2) is 0 Å². The normalized spacial score (nSPS) is 22.9. The van der Waals surface area contributed by atoms with E-state index in [9.17, 15) is 0 Å². The quantitative estimate of drug-likeness (QED) is 0.830. The van der Waals surface area contributed by atoms with Gasteiger partial charge in [0.15, 0.2) is 0 Å². The molecule has 1 unspecified atom stereocenters. The summed E-state index contributed by atoms with van der Waals surface area (Å²) in [4.78, 5) is 4.45. The van der Waals surface area contributed by atoms with E-state index >= 15 is 0 Å². The van der Waals surface area contributed by atoms with Crippen LogP contribution in [-0.4, -0.2) is 30.3 Å². The summed E-state index contributed by atoms with van der Waals surface area (Å²) in [5.41, 5.74) is 2.24. The number of nitrogens with zero attached hydrogens (tertiary/aromatic N) is 1. The first kappa shape index (κ1) is 14.0. The second kappa shape index (κ2) is 7.16. The van der Waals surface area contributed by atoms with Crippen LogP contribution in [0.3, 0.4) is 0 Å². The number of nitrogens with one attached hydrogen (secondary N) is 1. The Kier molecular flexibility index (Phi) is 5.01. The van der Waals surface area contributed by atoms with Gasteiger partial charge in [-0.05, 0) is 43.7 Å². The molecule has 20 heavy (non-hydrogen) atoms. The number of pyridine rings is 1. The molecule has 4 heteroatoms. The van der Waals surface area contributed by atoms with Gasteiger partial charge in [0.1, 0.15) is 0 Å². The molecule has 3 rings (SSSR count). The van der Waals surface area contributed by atoms with Crippen LogP contribution in [0.25, 0.3) is 0 Å². The maximum atomic E-state index is 5.70. The fourth-order valence-corrected chi connectivity index (χ4v) is 2.43. The predicted octanol–water partition coefficient (Wildman–Crippen LogP) is 2.42. The van der Waals surface area contributed by atoms with Crippen LogP contribution in [0.4, 0.5) is 0 Å². The number of hydrogen-bond donors (Lipinski definition) is 1. The fourth-order valence-electron chi connectivity index (χ4n) is 2.43. The van der Waals surface area contributed by atoms with Crippen molar-refractivity contribution in [3.63, 3.8) is 0 Å². The summed E-state index contributed by atoms with van der Waals surface area (Å²) < 4.78 is 11.3. The average molecular weight is 276 g/mol. The van der Waals surface area contributed by atoms with Gasteiger partial charge < -0.3 is 14.8 Å². The zero-order valence-corrected chi connectivity index (χ0v) is 12.0. The zero-order chi connectivity index (χ0) is 13.6. The van der Waals surface area contributed by atoms with E-state index < -0.39 is 0 Å². The van der Waals surface area contributed by atoms with E-state index in [1.54, 1.807) is 0 Å². The van der Waals surface area contributed by atoms with E-state index in [-0.39, 0.29) is 6.10 Å². The highest BCUT2D eigenvalue weighted by Crippen LogP contribution is 2.19. The standard InChI is InChI=1S/C16H24N2O2/c1-2-8-20-16(3-1)12-19-11-15-5-4-13(10-18-15)9-17-14-6-7-14/h4-5,10,14,16-17H,1-3,6-9,11-12H2. The van der Waals surface area contributed by atoms with E-state index in [0.717, 1.165) is 31.3 Å². The van der Waals surface area contributed by atoms with Crippen molar-refractivity contribution in [2.24, 2.45) is 0 Å². The largest absolute Gasteiger partial charge is 0.376 e. The van der Waals surface area contributed by atoms with Crippen LogP contribution in [0.15, 0.2) is 18.3 Å². The van der Waals surface area contributed by atoms with Gasteiger partial charge in [0.05, 0.1) is 25.0 Å². The molecule has 1 aliphatic carbocycles.